The number of aliphatic imine (C=N–C) groups is 2. The summed E-state index contributed by atoms with van der Waals surface area (Å²) in [6.07, 6.45) is -0.403. The highest BCUT2D eigenvalue weighted by Crippen LogP contribution is 2.42. The Labute approximate surface area is 362 Å². The van der Waals surface area contributed by atoms with E-state index in [4.69, 9.17) is 14.4 Å². The van der Waals surface area contributed by atoms with E-state index in [9.17, 15) is 0 Å². The molecule has 6 nitrogen and oxygen atoms in total. The monoisotopic (exact) mass is 807 g/mol. The fourth-order valence-electron chi connectivity index (χ4n) is 9.68. The first-order chi connectivity index (χ1) is 31.2. The topological polar surface area (TPSA) is 70.6 Å². The van der Waals surface area contributed by atoms with E-state index in [-0.39, 0.29) is 0 Å². The van der Waals surface area contributed by atoms with Crippen LogP contribution in [0.2, 0.25) is 0 Å². The first kappa shape index (κ1) is 35.3. The summed E-state index contributed by atoms with van der Waals surface area (Å²) < 4.78 is 8.81. The molecule has 296 valence electrons. The SMILES string of the molecule is c1ccc(-c2ccc(C3N=C(c4ccc5c(c4)oc4ccccc45)N=C(c4ccccc4-c4ccccc4-n4c5ccccc5c5ccc6c7ccccc7[nH]c6c54)N3)cc2)cc1. The van der Waals surface area contributed by atoms with Gasteiger partial charge in [-0.05, 0) is 58.7 Å². The van der Waals surface area contributed by atoms with Crippen LogP contribution in [0.3, 0.4) is 0 Å². The highest BCUT2D eigenvalue weighted by Gasteiger charge is 2.26. The fraction of sp³-hybridized carbons (Fsp3) is 0.0175. The summed E-state index contributed by atoms with van der Waals surface area (Å²) in [6.45, 7) is 0. The number of nitrogens with one attached hydrogen (secondary N) is 2. The lowest BCUT2D eigenvalue weighted by Crippen LogP contribution is -2.34. The van der Waals surface area contributed by atoms with Crippen molar-refractivity contribution >= 4 is 77.2 Å². The molecule has 0 aliphatic carbocycles. The Balaban J connectivity index is 0.993. The zero-order valence-electron chi connectivity index (χ0n) is 34.0. The van der Waals surface area contributed by atoms with E-state index in [0.29, 0.717) is 5.84 Å². The number of benzene rings is 9. The van der Waals surface area contributed by atoms with Crippen LogP contribution in [0.5, 0.6) is 0 Å². The summed E-state index contributed by atoms with van der Waals surface area (Å²) in [5.74, 6) is 1.38. The highest BCUT2D eigenvalue weighted by atomic mass is 16.3. The van der Waals surface area contributed by atoms with Crippen molar-refractivity contribution < 1.29 is 4.42 Å². The van der Waals surface area contributed by atoms with Crippen molar-refractivity contribution in [1.29, 1.82) is 0 Å². The van der Waals surface area contributed by atoms with Crippen LogP contribution in [0.1, 0.15) is 22.9 Å². The number of hydrogen-bond donors (Lipinski definition) is 2. The molecule has 0 spiro atoms. The molecule has 9 aromatic carbocycles. The van der Waals surface area contributed by atoms with E-state index in [0.717, 1.165) is 88.9 Å². The molecule has 0 radical (unpaired) electrons. The lowest BCUT2D eigenvalue weighted by Gasteiger charge is -2.25. The van der Waals surface area contributed by atoms with Crippen LogP contribution in [0, 0.1) is 0 Å². The Morgan fingerprint density at radius 1 is 0.460 bits per heavy atom. The molecule has 0 saturated heterocycles. The lowest BCUT2D eigenvalue weighted by atomic mass is 9.96. The number of aromatic nitrogens is 2. The maximum absolute atomic E-state index is 6.37. The molecular formula is C57H37N5O. The van der Waals surface area contributed by atoms with E-state index in [1.807, 2.05) is 24.3 Å². The van der Waals surface area contributed by atoms with Crippen molar-refractivity contribution in [2.45, 2.75) is 6.17 Å². The molecule has 6 heteroatoms. The summed E-state index contributed by atoms with van der Waals surface area (Å²) in [5.41, 5.74) is 14.7. The third-order valence-electron chi connectivity index (χ3n) is 12.6. The van der Waals surface area contributed by atoms with Gasteiger partial charge in [0.15, 0.2) is 5.84 Å². The summed E-state index contributed by atoms with van der Waals surface area (Å²) in [6, 6.07) is 72.8. The van der Waals surface area contributed by atoms with Crippen molar-refractivity contribution in [3.05, 3.63) is 223 Å². The first-order valence-electron chi connectivity index (χ1n) is 21.4. The van der Waals surface area contributed by atoms with Gasteiger partial charge in [-0.25, -0.2) is 9.98 Å². The number of furan rings is 1. The molecule has 1 aliphatic rings. The van der Waals surface area contributed by atoms with Gasteiger partial charge in [0, 0.05) is 54.5 Å². The second-order valence-electron chi connectivity index (χ2n) is 16.2. The van der Waals surface area contributed by atoms with Crippen LogP contribution < -0.4 is 5.32 Å². The van der Waals surface area contributed by atoms with Crippen LogP contribution in [0.4, 0.5) is 0 Å². The molecule has 0 amide bonds. The normalized spacial score (nSPS) is 14.2. The van der Waals surface area contributed by atoms with E-state index < -0.39 is 6.17 Å². The summed E-state index contributed by atoms with van der Waals surface area (Å²) in [4.78, 5) is 14.5. The molecule has 0 fully saturated rings. The largest absolute Gasteiger partial charge is 0.456 e. The average molecular weight is 808 g/mol. The van der Waals surface area contributed by atoms with Gasteiger partial charge in [-0.1, -0.05) is 170 Å². The van der Waals surface area contributed by atoms with Gasteiger partial charge in [0.25, 0.3) is 0 Å². The summed E-state index contributed by atoms with van der Waals surface area (Å²) in [5, 5.41) is 10.8. The number of hydrogen-bond acceptors (Lipinski definition) is 4. The van der Waals surface area contributed by atoms with Crippen molar-refractivity contribution in [2.75, 3.05) is 0 Å². The molecule has 63 heavy (non-hydrogen) atoms. The molecule has 3 aromatic heterocycles. The third kappa shape index (κ3) is 5.65. The second kappa shape index (κ2) is 14.0. The van der Waals surface area contributed by atoms with Crippen LogP contribution >= 0.6 is 0 Å². The number of rotatable bonds is 6. The van der Waals surface area contributed by atoms with E-state index in [1.54, 1.807) is 0 Å². The Bertz CT molecular complexity index is 3830. The Hall–Kier alpha value is -8.48. The highest BCUT2D eigenvalue weighted by molar-refractivity contribution is 6.23. The maximum atomic E-state index is 6.37. The minimum absolute atomic E-state index is 0.403. The number of fused-ring (bicyclic) bond motifs is 10. The smallest absolute Gasteiger partial charge is 0.159 e. The number of para-hydroxylation sites is 4. The average Bonchev–Trinajstić information content (AvgIpc) is 4.04. The van der Waals surface area contributed by atoms with Gasteiger partial charge in [-0.2, -0.15) is 0 Å². The minimum atomic E-state index is -0.403. The molecule has 13 rings (SSSR count). The predicted molar refractivity (Wildman–Crippen MR) is 260 cm³/mol. The van der Waals surface area contributed by atoms with Gasteiger partial charge in [0.05, 0.1) is 22.2 Å². The summed E-state index contributed by atoms with van der Waals surface area (Å²) >= 11 is 0. The summed E-state index contributed by atoms with van der Waals surface area (Å²) in [7, 11) is 0. The number of H-pyrrole nitrogens is 1. The predicted octanol–water partition coefficient (Wildman–Crippen LogP) is 14.1. The molecule has 0 saturated carbocycles. The van der Waals surface area contributed by atoms with Crippen molar-refractivity contribution in [1.82, 2.24) is 14.9 Å². The van der Waals surface area contributed by atoms with Gasteiger partial charge < -0.3 is 19.3 Å². The number of aromatic amines is 1. The van der Waals surface area contributed by atoms with E-state index >= 15 is 0 Å². The van der Waals surface area contributed by atoms with Crippen LogP contribution in [0.25, 0.3) is 93.5 Å². The van der Waals surface area contributed by atoms with E-state index in [2.05, 4.69) is 197 Å². The quantitative estimate of drug-likeness (QED) is 0.176. The van der Waals surface area contributed by atoms with Crippen LogP contribution in [0.15, 0.2) is 221 Å². The fourth-order valence-corrected chi connectivity index (χ4v) is 9.68. The minimum Gasteiger partial charge on any atom is -0.456 e. The van der Waals surface area contributed by atoms with Gasteiger partial charge >= 0.3 is 0 Å². The van der Waals surface area contributed by atoms with E-state index in [1.165, 1.54) is 27.1 Å². The van der Waals surface area contributed by atoms with Gasteiger partial charge in [0.2, 0.25) is 0 Å². The molecule has 1 aliphatic heterocycles. The molecule has 12 aromatic rings. The molecular weight excluding hydrogens is 771 g/mol. The van der Waals surface area contributed by atoms with Crippen molar-refractivity contribution in [3.63, 3.8) is 0 Å². The molecule has 1 unspecified atom stereocenters. The van der Waals surface area contributed by atoms with Gasteiger partial charge in [-0.15, -0.1) is 0 Å². The molecule has 0 bridgehead atoms. The first-order valence-corrected chi connectivity index (χ1v) is 21.4. The second-order valence-corrected chi connectivity index (χ2v) is 16.2. The number of amidine groups is 2. The maximum Gasteiger partial charge on any atom is 0.159 e. The van der Waals surface area contributed by atoms with Crippen molar-refractivity contribution in [3.8, 4) is 27.9 Å². The Kier molecular flexibility index (Phi) is 7.87. The standard InChI is InChI=1S/C57H37N5O/c1-2-14-35(15-3-1)36-26-28-37(29-27-36)55-59-56(38-30-31-44-43-20-9-13-25-51(43)63-52(44)34-38)61-57(60-55)47-21-5-4-16-39(47)41-18-7-11-23-49(41)62-50-24-12-8-19-42(50)46-33-32-45-40-17-6-10-22-48(40)58-53(45)54(46)62/h1-34,55,58H,(H,59,60,61). The Morgan fingerprint density at radius 3 is 1.97 bits per heavy atom. The van der Waals surface area contributed by atoms with Gasteiger partial charge in [-0.3, -0.25) is 0 Å². The number of nitrogens with zero attached hydrogens (tertiary/aromatic N) is 3. The Morgan fingerprint density at radius 2 is 1.10 bits per heavy atom. The third-order valence-corrected chi connectivity index (χ3v) is 12.6. The van der Waals surface area contributed by atoms with Crippen LogP contribution in [-0.4, -0.2) is 21.2 Å². The molecule has 2 N–H and O–H groups in total. The molecule has 4 heterocycles. The zero-order chi connectivity index (χ0) is 41.4. The van der Waals surface area contributed by atoms with Crippen LogP contribution in [-0.2, 0) is 0 Å². The molecule has 1 atom stereocenters. The zero-order valence-corrected chi connectivity index (χ0v) is 34.0. The van der Waals surface area contributed by atoms with Crippen molar-refractivity contribution in [2.24, 2.45) is 9.98 Å². The lowest BCUT2D eigenvalue weighted by molar-refractivity contribution is 0.667. The van der Waals surface area contributed by atoms with Gasteiger partial charge in [0.1, 0.15) is 23.2 Å².